The van der Waals surface area contributed by atoms with Crippen molar-refractivity contribution in [3.05, 3.63) is 241 Å². The number of para-hydroxylation sites is 2. The normalized spacial score (nSPS) is 12.6. The van der Waals surface area contributed by atoms with Gasteiger partial charge in [0.05, 0.1) is 22.1 Å². The highest BCUT2D eigenvalue weighted by molar-refractivity contribution is 6.09. The number of fused-ring (bicyclic) bond motifs is 7. The number of pyridine rings is 1. The summed E-state index contributed by atoms with van der Waals surface area (Å²) in [4.78, 5) is 10.5. The average Bonchev–Trinajstić information content (AvgIpc) is 4.30. The first kappa shape index (κ1) is 48.1. The summed E-state index contributed by atoms with van der Waals surface area (Å²) in [6.07, 6.45) is 7.59. The Hall–Kier alpha value is -9.33. The molecule has 0 radical (unpaired) electrons. The van der Waals surface area contributed by atoms with E-state index in [1.54, 1.807) is 0 Å². The number of aromatic nitrogens is 6. The van der Waals surface area contributed by atoms with Crippen molar-refractivity contribution < 1.29 is 9.30 Å². The van der Waals surface area contributed by atoms with Gasteiger partial charge in [-0.25, -0.2) is 9.97 Å². The number of aryl methyl sites for hydroxylation is 3. The van der Waals surface area contributed by atoms with Crippen LogP contribution in [0.25, 0.3) is 106 Å². The molecule has 4 aromatic heterocycles. The van der Waals surface area contributed by atoms with Gasteiger partial charge in [0, 0.05) is 70.9 Å². The summed E-state index contributed by atoms with van der Waals surface area (Å²) < 4.78 is 16.9. The summed E-state index contributed by atoms with van der Waals surface area (Å²) in [6, 6.07) is 74.6. The number of ether oxygens (including phenoxy) is 1. The van der Waals surface area contributed by atoms with Crippen LogP contribution in [0.3, 0.4) is 0 Å². The third kappa shape index (κ3) is 8.40. The van der Waals surface area contributed by atoms with Gasteiger partial charge in [-0.05, 0) is 113 Å². The lowest BCUT2D eigenvalue weighted by Gasteiger charge is -2.21. The van der Waals surface area contributed by atoms with Crippen LogP contribution in [0.4, 0.5) is 0 Å². The fourth-order valence-electron chi connectivity index (χ4n) is 12.5. The van der Waals surface area contributed by atoms with E-state index in [0.717, 1.165) is 143 Å². The summed E-state index contributed by atoms with van der Waals surface area (Å²) in [7, 11) is 0. The highest BCUT2D eigenvalue weighted by Crippen LogP contribution is 2.43. The van der Waals surface area contributed by atoms with Gasteiger partial charge in [0.25, 0.3) is 6.33 Å². The van der Waals surface area contributed by atoms with E-state index in [-0.39, 0.29) is 11.8 Å². The van der Waals surface area contributed by atoms with Crippen LogP contribution in [-0.2, 0) is 13.0 Å². The minimum Gasteiger partial charge on any atom is -0.457 e. The van der Waals surface area contributed by atoms with Gasteiger partial charge in [-0.15, -0.1) is 0 Å². The maximum atomic E-state index is 7.31. The molecule has 7 heteroatoms. The van der Waals surface area contributed by atoms with Crippen LogP contribution in [0.5, 0.6) is 11.5 Å². The molecule has 0 spiro atoms. The lowest BCUT2D eigenvalue weighted by molar-refractivity contribution is -0.566. The fraction of sp³-hybridized carbons (Fsp3) is 0.153. The molecule has 14 rings (SSSR count). The van der Waals surface area contributed by atoms with Crippen molar-refractivity contribution in [2.24, 2.45) is 0 Å². The SMILES string of the molecule is Cc1cc(-n2c3ccccc3c3ccc(Oc4cc(-c5c(C(C)C)cccc5C(C)C)cc(-n5c[n+](-c6c(-c7ccccc7)cccc6-c6ccccc6)c6cc7c(cc65)nc5n7CCCC5)c4)cc32)ncc1-c1ccccc1. The van der Waals surface area contributed by atoms with Crippen LogP contribution in [0.1, 0.15) is 74.9 Å². The van der Waals surface area contributed by atoms with Gasteiger partial charge < -0.3 is 9.30 Å². The second kappa shape index (κ2) is 19.6. The van der Waals surface area contributed by atoms with Crippen molar-refractivity contribution in [2.45, 2.75) is 72.3 Å². The molecular weight excluding hydrogens is 965 g/mol. The Kier molecular flexibility index (Phi) is 11.9. The lowest BCUT2D eigenvalue weighted by Crippen LogP contribution is -2.31. The van der Waals surface area contributed by atoms with E-state index in [0.29, 0.717) is 0 Å². The molecule has 0 atom stereocenters. The lowest BCUT2D eigenvalue weighted by atomic mass is 9.85. The Morgan fingerprint density at radius 3 is 1.85 bits per heavy atom. The molecule has 384 valence electrons. The van der Waals surface area contributed by atoms with Crippen LogP contribution in [0, 0.1) is 6.92 Å². The van der Waals surface area contributed by atoms with Gasteiger partial charge in [-0.2, -0.15) is 9.13 Å². The van der Waals surface area contributed by atoms with Crippen LogP contribution < -0.4 is 9.30 Å². The third-order valence-corrected chi connectivity index (χ3v) is 16.3. The maximum absolute atomic E-state index is 7.31. The molecule has 7 nitrogen and oxygen atoms in total. The van der Waals surface area contributed by atoms with E-state index in [2.05, 4.69) is 265 Å². The van der Waals surface area contributed by atoms with Gasteiger partial charge in [0.15, 0.2) is 11.0 Å². The molecule has 79 heavy (non-hydrogen) atoms. The molecule has 5 heterocycles. The molecule has 1 aliphatic rings. The van der Waals surface area contributed by atoms with Crippen molar-refractivity contribution in [3.8, 4) is 73.2 Å². The maximum Gasteiger partial charge on any atom is 0.255 e. The minimum atomic E-state index is 0.283. The molecule has 9 aromatic carbocycles. The number of benzene rings is 9. The van der Waals surface area contributed by atoms with Crippen LogP contribution in [0.2, 0.25) is 0 Å². The predicted molar refractivity (Wildman–Crippen MR) is 324 cm³/mol. The van der Waals surface area contributed by atoms with Crippen molar-refractivity contribution in [3.63, 3.8) is 0 Å². The second-order valence-corrected chi connectivity index (χ2v) is 21.9. The Balaban J connectivity index is 1.01. The molecule has 0 fully saturated rings. The fourth-order valence-corrected chi connectivity index (χ4v) is 12.5. The standard InChI is InChI=1S/C72H61N6O/c1-46(2)56-28-19-29-57(47(3)4)71(56)52-38-53(40-55(39-52)79-54-34-35-61-60-27-15-16-32-64(60)78(65(61)41-54)70-37-48(5)62(44-73-70)51-25-13-8-14-26-51)76-45-77(68-43-66-63(42-67(68)76)74-69-33-17-18-36-75(66)69)72-58(49-21-9-6-10-22-49)30-20-31-59(72)50-23-11-7-12-24-50/h6-16,19-32,34-35,37-47H,17-18,33,36H2,1-5H3/q+1. The van der Waals surface area contributed by atoms with Gasteiger partial charge in [0.1, 0.15) is 34.5 Å². The largest absolute Gasteiger partial charge is 0.457 e. The Bertz CT molecular complexity index is 4380. The molecule has 0 aliphatic carbocycles. The molecule has 13 aromatic rings. The number of imidazole rings is 2. The monoisotopic (exact) mass is 1030 g/mol. The first-order valence-electron chi connectivity index (χ1n) is 28.0. The van der Waals surface area contributed by atoms with E-state index in [9.17, 15) is 0 Å². The van der Waals surface area contributed by atoms with Gasteiger partial charge in [-0.1, -0.05) is 173 Å². The number of hydrogen-bond donors (Lipinski definition) is 0. The molecule has 0 unspecified atom stereocenters. The minimum absolute atomic E-state index is 0.283. The van der Waals surface area contributed by atoms with E-state index in [4.69, 9.17) is 14.7 Å². The van der Waals surface area contributed by atoms with E-state index in [1.165, 1.54) is 22.2 Å². The highest BCUT2D eigenvalue weighted by atomic mass is 16.5. The molecule has 1 aliphatic heterocycles. The summed E-state index contributed by atoms with van der Waals surface area (Å²) in [6.45, 7) is 12.3. The predicted octanol–water partition coefficient (Wildman–Crippen LogP) is 18.1. The summed E-state index contributed by atoms with van der Waals surface area (Å²) in [5, 5.41) is 2.30. The zero-order chi connectivity index (χ0) is 53.3. The Labute approximate surface area is 461 Å². The highest BCUT2D eigenvalue weighted by Gasteiger charge is 2.29. The Morgan fingerprint density at radius 1 is 0.519 bits per heavy atom. The Morgan fingerprint density at radius 2 is 1.16 bits per heavy atom. The van der Waals surface area contributed by atoms with Crippen molar-refractivity contribution in [1.29, 1.82) is 0 Å². The molecule has 0 bridgehead atoms. The van der Waals surface area contributed by atoms with Crippen LogP contribution in [0.15, 0.2) is 219 Å². The van der Waals surface area contributed by atoms with E-state index < -0.39 is 0 Å². The van der Waals surface area contributed by atoms with Gasteiger partial charge in [-0.3, -0.25) is 4.57 Å². The molecule has 0 N–H and O–H groups in total. The zero-order valence-corrected chi connectivity index (χ0v) is 45.4. The van der Waals surface area contributed by atoms with Crippen molar-refractivity contribution in [2.75, 3.05) is 0 Å². The van der Waals surface area contributed by atoms with Crippen LogP contribution in [-0.4, -0.2) is 23.7 Å². The molecule has 0 amide bonds. The quantitative estimate of drug-likeness (QED) is 0.121. The summed E-state index contributed by atoms with van der Waals surface area (Å²) in [5.74, 6) is 4.07. The summed E-state index contributed by atoms with van der Waals surface area (Å²) >= 11 is 0. The number of hydrogen-bond acceptors (Lipinski definition) is 3. The molecule has 0 saturated heterocycles. The first-order valence-corrected chi connectivity index (χ1v) is 28.0. The van der Waals surface area contributed by atoms with Crippen molar-refractivity contribution >= 4 is 43.9 Å². The number of nitrogens with zero attached hydrogens (tertiary/aromatic N) is 6. The molecule has 0 saturated carbocycles. The average molecular weight is 1030 g/mol. The smallest absolute Gasteiger partial charge is 0.255 e. The topological polar surface area (TPSA) is 53.7 Å². The van der Waals surface area contributed by atoms with E-state index >= 15 is 0 Å². The molecular formula is C72H61N6O+. The number of rotatable bonds is 11. The second-order valence-electron chi connectivity index (χ2n) is 21.9. The van der Waals surface area contributed by atoms with Crippen LogP contribution >= 0.6 is 0 Å². The zero-order valence-electron chi connectivity index (χ0n) is 45.4. The van der Waals surface area contributed by atoms with E-state index in [1.807, 2.05) is 6.20 Å². The third-order valence-electron chi connectivity index (χ3n) is 16.3. The van der Waals surface area contributed by atoms with Gasteiger partial charge >= 0.3 is 0 Å². The van der Waals surface area contributed by atoms with Gasteiger partial charge in [0.2, 0.25) is 0 Å². The summed E-state index contributed by atoms with van der Waals surface area (Å²) in [5.41, 5.74) is 21.6. The van der Waals surface area contributed by atoms with Crippen molar-refractivity contribution in [1.82, 2.24) is 23.7 Å². The first-order chi connectivity index (χ1) is 38.7.